The summed E-state index contributed by atoms with van der Waals surface area (Å²) < 4.78 is 1.56. The summed E-state index contributed by atoms with van der Waals surface area (Å²) in [5.74, 6) is -0.0944. The third-order valence-electron chi connectivity index (χ3n) is 4.97. The first-order valence-electron chi connectivity index (χ1n) is 8.85. The molecule has 0 aliphatic carbocycles. The van der Waals surface area contributed by atoms with Gasteiger partial charge in [0.25, 0.3) is 5.91 Å². The van der Waals surface area contributed by atoms with Gasteiger partial charge >= 0.3 is 0 Å². The molecule has 0 spiro atoms. The smallest absolute Gasteiger partial charge is 0.256 e. The van der Waals surface area contributed by atoms with Crippen LogP contribution in [0, 0.1) is 0 Å². The van der Waals surface area contributed by atoms with Gasteiger partial charge < -0.3 is 9.80 Å². The average Bonchev–Trinajstić information content (AvgIpc) is 3.08. The Morgan fingerprint density at radius 3 is 2.19 bits per heavy atom. The van der Waals surface area contributed by atoms with Gasteiger partial charge in [0, 0.05) is 50.4 Å². The van der Waals surface area contributed by atoms with Gasteiger partial charge in [0.1, 0.15) is 0 Å². The monoisotopic (exact) mass is 347 g/mol. The molecule has 2 aromatic carbocycles. The minimum Gasteiger partial charge on any atom is -0.368 e. The molecule has 0 atom stereocenters. The molecule has 1 saturated heterocycles. The van der Waals surface area contributed by atoms with E-state index in [-0.39, 0.29) is 11.8 Å². The number of para-hydroxylation sites is 2. The van der Waals surface area contributed by atoms with E-state index < -0.39 is 0 Å². The van der Waals surface area contributed by atoms with Gasteiger partial charge in [0.15, 0.2) is 0 Å². The molecule has 1 aromatic heterocycles. The van der Waals surface area contributed by atoms with Crippen LogP contribution >= 0.6 is 0 Å². The van der Waals surface area contributed by atoms with Gasteiger partial charge in [-0.2, -0.15) is 0 Å². The zero-order chi connectivity index (χ0) is 18.1. The van der Waals surface area contributed by atoms with E-state index in [1.807, 2.05) is 47.4 Å². The number of rotatable bonds is 2. The number of carbonyl (C=O) groups excluding carboxylic acids is 2. The summed E-state index contributed by atoms with van der Waals surface area (Å²) in [6, 6.07) is 17.8. The van der Waals surface area contributed by atoms with Crippen molar-refractivity contribution in [1.29, 1.82) is 0 Å². The third-order valence-corrected chi connectivity index (χ3v) is 4.97. The van der Waals surface area contributed by atoms with Crippen molar-refractivity contribution in [3.05, 3.63) is 66.4 Å². The molecule has 1 fully saturated rings. The molecule has 1 aliphatic rings. The molecule has 0 unspecified atom stereocenters. The maximum absolute atomic E-state index is 13.1. The number of piperazine rings is 1. The minimum atomic E-state index is -0.0888. The van der Waals surface area contributed by atoms with E-state index in [2.05, 4.69) is 17.0 Å². The van der Waals surface area contributed by atoms with Crippen molar-refractivity contribution < 1.29 is 9.59 Å². The van der Waals surface area contributed by atoms with Crippen LogP contribution in [0.15, 0.2) is 60.8 Å². The maximum Gasteiger partial charge on any atom is 0.256 e. The highest BCUT2D eigenvalue weighted by molar-refractivity contribution is 6.09. The first-order valence-corrected chi connectivity index (χ1v) is 8.85. The highest BCUT2D eigenvalue weighted by atomic mass is 16.2. The highest BCUT2D eigenvalue weighted by Crippen LogP contribution is 2.24. The van der Waals surface area contributed by atoms with E-state index in [4.69, 9.17) is 0 Å². The van der Waals surface area contributed by atoms with Gasteiger partial charge in [-0.05, 0) is 18.2 Å². The second-order valence-electron chi connectivity index (χ2n) is 6.56. The van der Waals surface area contributed by atoms with Crippen molar-refractivity contribution in [2.75, 3.05) is 31.1 Å². The van der Waals surface area contributed by atoms with Gasteiger partial charge in [0.05, 0.1) is 11.1 Å². The van der Waals surface area contributed by atoms with Crippen molar-refractivity contribution in [3.8, 4) is 0 Å². The Balaban J connectivity index is 1.56. The number of carbonyl (C=O) groups is 2. The van der Waals surface area contributed by atoms with Crippen LogP contribution in [0.5, 0.6) is 0 Å². The number of nitrogens with zero attached hydrogens (tertiary/aromatic N) is 3. The molecule has 5 heteroatoms. The lowest BCUT2D eigenvalue weighted by Gasteiger charge is -2.36. The largest absolute Gasteiger partial charge is 0.368 e. The van der Waals surface area contributed by atoms with Crippen molar-refractivity contribution in [2.24, 2.45) is 0 Å². The van der Waals surface area contributed by atoms with Crippen LogP contribution in [0.2, 0.25) is 0 Å². The molecule has 0 N–H and O–H groups in total. The number of fused-ring (bicyclic) bond motifs is 1. The molecule has 26 heavy (non-hydrogen) atoms. The van der Waals surface area contributed by atoms with Gasteiger partial charge in [0.2, 0.25) is 5.91 Å². The van der Waals surface area contributed by atoms with E-state index in [1.54, 1.807) is 10.8 Å². The van der Waals surface area contributed by atoms with Gasteiger partial charge in [-0.1, -0.05) is 36.4 Å². The van der Waals surface area contributed by atoms with Crippen LogP contribution < -0.4 is 4.90 Å². The first kappa shape index (κ1) is 16.4. The summed E-state index contributed by atoms with van der Waals surface area (Å²) in [6.07, 6.45) is 1.68. The predicted octanol–water partition coefficient (Wildman–Crippen LogP) is 3.26. The lowest BCUT2D eigenvalue weighted by molar-refractivity contribution is 0.0748. The molecular formula is C21H21N3O2. The second kappa shape index (κ2) is 6.67. The topological polar surface area (TPSA) is 45.6 Å². The van der Waals surface area contributed by atoms with Crippen LogP contribution in [0.4, 0.5) is 5.69 Å². The van der Waals surface area contributed by atoms with Crippen molar-refractivity contribution in [1.82, 2.24) is 9.47 Å². The van der Waals surface area contributed by atoms with Crippen molar-refractivity contribution in [3.63, 3.8) is 0 Å². The Morgan fingerprint density at radius 2 is 1.50 bits per heavy atom. The fourth-order valence-corrected chi connectivity index (χ4v) is 3.59. The van der Waals surface area contributed by atoms with E-state index >= 15 is 0 Å². The normalized spacial score (nSPS) is 14.7. The molecule has 0 bridgehead atoms. The molecule has 1 aliphatic heterocycles. The van der Waals surface area contributed by atoms with Crippen LogP contribution in [-0.2, 0) is 0 Å². The lowest BCUT2D eigenvalue weighted by atomic mass is 10.1. The fraction of sp³-hybridized carbons (Fsp3) is 0.238. The number of hydrogen-bond donors (Lipinski definition) is 0. The Hall–Kier alpha value is -3.08. The molecular weight excluding hydrogens is 326 g/mol. The first-order chi connectivity index (χ1) is 12.6. The Bertz CT molecular complexity index is 954. The number of hydrogen-bond acceptors (Lipinski definition) is 3. The number of anilines is 1. The summed E-state index contributed by atoms with van der Waals surface area (Å²) >= 11 is 0. The molecule has 1 amide bonds. The van der Waals surface area contributed by atoms with Crippen LogP contribution in [0.3, 0.4) is 0 Å². The lowest BCUT2D eigenvalue weighted by Crippen LogP contribution is -2.48. The highest BCUT2D eigenvalue weighted by Gasteiger charge is 2.25. The molecule has 3 aromatic rings. The molecule has 132 valence electrons. The molecule has 2 heterocycles. The molecule has 5 nitrogen and oxygen atoms in total. The number of aromatic nitrogens is 1. The van der Waals surface area contributed by atoms with Crippen LogP contribution in [0.1, 0.15) is 22.1 Å². The summed E-state index contributed by atoms with van der Waals surface area (Å²) in [5.41, 5.74) is 2.57. The Labute approximate surface area is 152 Å². The van der Waals surface area contributed by atoms with E-state index in [0.717, 1.165) is 24.0 Å². The Morgan fingerprint density at radius 1 is 0.846 bits per heavy atom. The zero-order valence-electron chi connectivity index (χ0n) is 14.8. The van der Waals surface area contributed by atoms with Crippen molar-refractivity contribution in [2.45, 2.75) is 6.92 Å². The summed E-state index contributed by atoms with van der Waals surface area (Å²) in [7, 11) is 0. The van der Waals surface area contributed by atoms with Crippen LogP contribution in [-0.4, -0.2) is 47.5 Å². The maximum atomic E-state index is 13.1. The SMILES string of the molecule is CC(=O)n1cc(C(=O)N2CCN(c3ccccc3)CC2)c2ccccc21. The number of benzene rings is 2. The van der Waals surface area contributed by atoms with E-state index in [0.29, 0.717) is 18.7 Å². The Kier molecular flexibility index (Phi) is 4.21. The van der Waals surface area contributed by atoms with Crippen molar-refractivity contribution >= 4 is 28.4 Å². The summed E-state index contributed by atoms with van der Waals surface area (Å²) in [6.45, 7) is 4.47. The molecule has 0 radical (unpaired) electrons. The van der Waals surface area contributed by atoms with Gasteiger partial charge in [-0.15, -0.1) is 0 Å². The average molecular weight is 347 g/mol. The van der Waals surface area contributed by atoms with Gasteiger partial charge in [-0.3, -0.25) is 14.2 Å². The summed E-state index contributed by atoms with van der Waals surface area (Å²) in [4.78, 5) is 29.2. The van der Waals surface area contributed by atoms with E-state index in [1.165, 1.54) is 12.6 Å². The number of amides is 1. The quantitative estimate of drug-likeness (QED) is 0.715. The third kappa shape index (κ3) is 2.86. The van der Waals surface area contributed by atoms with Gasteiger partial charge in [-0.25, -0.2) is 0 Å². The second-order valence-corrected chi connectivity index (χ2v) is 6.56. The molecule has 0 saturated carbocycles. The van der Waals surface area contributed by atoms with Crippen LogP contribution in [0.25, 0.3) is 10.9 Å². The predicted molar refractivity (Wildman–Crippen MR) is 103 cm³/mol. The van der Waals surface area contributed by atoms with E-state index in [9.17, 15) is 9.59 Å². The fourth-order valence-electron chi connectivity index (χ4n) is 3.59. The standard InChI is InChI=1S/C21H21N3O2/c1-16(25)24-15-19(18-9-5-6-10-20(18)24)21(26)23-13-11-22(12-14-23)17-7-3-2-4-8-17/h2-10,15H,11-14H2,1H3. The summed E-state index contributed by atoms with van der Waals surface area (Å²) in [5, 5.41) is 0.832. The molecule has 4 rings (SSSR count). The minimum absolute atomic E-state index is 0.00564. The zero-order valence-corrected chi connectivity index (χ0v) is 14.8.